The van der Waals surface area contributed by atoms with Gasteiger partial charge in [-0.2, -0.15) is 0 Å². The molecule has 1 aromatic rings. The second-order valence-corrected chi connectivity index (χ2v) is 7.42. The first-order valence-corrected chi connectivity index (χ1v) is 8.42. The van der Waals surface area contributed by atoms with Crippen LogP contribution < -0.4 is 5.32 Å². The lowest BCUT2D eigenvalue weighted by Crippen LogP contribution is -2.46. The van der Waals surface area contributed by atoms with Crippen molar-refractivity contribution in [1.82, 2.24) is 10.2 Å². The van der Waals surface area contributed by atoms with Crippen molar-refractivity contribution in [2.24, 2.45) is 5.92 Å². The summed E-state index contributed by atoms with van der Waals surface area (Å²) in [4.78, 5) is 28.0. The van der Waals surface area contributed by atoms with Crippen LogP contribution in [0.2, 0.25) is 0 Å². The number of thiophene rings is 1. The summed E-state index contributed by atoms with van der Waals surface area (Å²) in [6.45, 7) is 7.63. The molecule has 1 N–H and O–H groups in total. The predicted molar refractivity (Wildman–Crippen MR) is 85.6 cm³/mol. The first-order chi connectivity index (χ1) is 9.95. The lowest BCUT2D eigenvalue weighted by atomic mass is 10.0. The topological polar surface area (TPSA) is 49.4 Å². The van der Waals surface area contributed by atoms with E-state index >= 15 is 0 Å². The van der Waals surface area contributed by atoms with Gasteiger partial charge < -0.3 is 10.2 Å². The molecule has 0 spiro atoms. The number of nitrogens with zero attached hydrogens (tertiary/aromatic N) is 1. The molecule has 116 valence electrons. The maximum absolute atomic E-state index is 12.1. The van der Waals surface area contributed by atoms with Crippen molar-refractivity contribution in [3.05, 3.63) is 21.9 Å². The van der Waals surface area contributed by atoms with Crippen LogP contribution in [-0.2, 0) is 4.79 Å². The minimum Gasteiger partial charge on any atom is -0.348 e. The first kappa shape index (κ1) is 16.0. The molecule has 0 unspecified atom stereocenters. The van der Waals surface area contributed by atoms with E-state index < -0.39 is 0 Å². The average molecular weight is 308 g/mol. The van der Waals surface area contributed by atoms with Gasteiger partial charge in [0.05, 0.1) is 4.88 Å². The molecule has 0 radical (unpaired) electrons. The Bertz CT molecular complexity index is 502. The van der Waals surface area contributed by atoms with Crippen LogP contribution in [0.5, 0.6) is 0 Å². The molecular formula is C16H24N2O2S. The van der Waals surface area contributed by atoms with Crippen molar-refractivity contribution in [2.75, 3.05) is 13.1 Å². The number of rotatable bonds is 4. The predicted octanol–water partition coefficient (Wildman–Crippen LogP) is 2.82. The highest BCUT2D eigenvalue weighted by Gasteiger charge is 2.24. The van der Waals surface area contributed by atoms with Gasteiger partial charge in [0.15, 0.2) is 0 Å². The Morgan fingerprint density at radius 1 is 1.33 bits per heavy atom. The highest BCUT2D eigenvalue weighted by atomic mass is 32.1. The Kier molecular flexibility index (Phi) is 5.39. The zero-order chi connectivity index (χ0) is 15.4. The van der Waals surface area contributed by atoms with Crippen LogP contribution in [0.1, 0.15) is 47.7 Å². The van der Waals surface area contributed by atoms with Crippen LogP contribution in [0, 0.1) is 12.8 Å². The Morgan fingerprint density at radius 3 is 2.52 bits per heavy atom. The maximum atomic E-state index is 12.1. The molecule has 5 heteroatoms. The van der Waals surface area contributed by atoms with Gasteiger partial charge in [0.2, 0.25) is 5.91 Å². The fourth-order valence-electron chi connectivity index (χ4n) is 2.56. The molecule has 1 aromatic heterocycles. The van der Waals surface area contributed by atoms with Crippen LogP contribution in [-0.4, -0.2) is 35.8 Å². The summed E-state index contributed by atoms with van der Waals surface area (Å²) in [5, 5.41) is 3.08. The third-order valence-electron chi connectivity index (χ3n) is 3.73. The van der Waals surface area contributed by atoms with Crippen molar-refractivity contribution in [1.29, 1.82) is 0 Å². The van der Waals surface area contributed by atoms with Crippen molar-refractivity contribution in [3.63, 3.8) is 0 Å². The highest BCUT2D eigenvalue weighted by molar-refractivity contribution is 7.13. The molecule has 1 fully saturated rings. The largest absolute Gasteiger partial charge is 0.348 e. The van der Waals surface area contributed by atoms with Gasteiger partial charge in [0, 0.05) is 30.4 Å². The standard InChI is InChI=1S/C16H24N2O2S/c1-11(2)10-15(19)18-8-6-13(7-9-18)17-16(20)14-5-4-12(3)21-14/h4-5,11,13H,6-10H2,1-3H3,(H,17,20). The lowest BCUT2D eigenvalue weighted by Gasteiger charge is -2.32. The number of carbonyl (C=O) groups is 2. The number of nitrogens with one attached hydrogen (secondary N) is 1. The van der Waals surface area contributed by atoms with E-state index in [9.17, 15) is 9.59 Å². The van der Waals surface area contributed by atoms with Gasteiger partial charge in [0.25, 0.3) is 5.91 Å². The van der Waals surface area contributed by atoms with Gasteiger partial charge in [-0.3, -0.25) is 9.59 Å². The van der Waals surface area contributed by atoms with Gasteiger partial charge in [0.1, 0.15) is 0 Å². The van der Waals surface area contributed by atoms with E-state index in [4.69, 9.17) is 0 Å². The Hall–Kier alpha value is -1.36. The summed E-state index contributed by atoms with van der Waals surface area (Å²) < 4.78 is 0. The van der Waals surface area contributed by atoms with Crippen molar-refractivity contribution < 1.29 is 9.59 Å². The number of carbonyl (C=O) groups excluding carboxylic acids is 2. The Labute approximate surface area is 130 Å². The molecule has 2 heterocycles. The van der Waals surface area contributed by atoms with E-state index in [1.807, 2.05) is 24.0 Å². The second-order valence-electron chi connectivity index (χ2n) is 6.14. The van der Waals surface area contributed by atoms with Crippen molar-refractivity contribution >= 4 is 23.2 Å². The first-order valence-electron chi connectivity index (χ1n) is 7.60. The number of aryl methyl sites for hydroxylation is 1. The highest BCUT2D eigenvalue weighted by Crippen LogP contribution is 2.17. The van der Waals surface area contributed by atoms with Crippen molar-refractivity contribution in [2.45, 2.75) is 46.1 Å². The summed E-state index contributed by atoms with van der Waals surface area (Å²) in [6.07, 6.45) is 2.31. The molecule has 0 aliphatic carbocycles. The van der Waals surface area contributed by atoms with Crippen LogP contribution in [0.25, 0.3) is 0 Å². The molecule has 21 heavy (non-hydrogen) atoms. The minimum atomic E-state index is 0.0139. The minimum absolute atomic E-state index is 0.0139. The number of hydrogen-bond donors (Lipinski definition) is 1. The van der Waals surface area contributed by atoms with E-state index in [0.717, 1.165) is 35.7 Å². The molecule has 1 saturated heterocycles. The molecule has 4 nitrogen and oxygen atoms in total. The van der Waals surface area contributed by atoms with Crippen molar-refractivity contribution in [3.8, 4) is 0 Å². The van der Waals surface area contributed by atoms with Crippen LogP contribution in [0.15, 0.2) is 12.1 Å². The molecule has 1 aliphatic heterocycles. The molecule has 0 saturated carbocycles. The Morgan fingerprint density at radius 2 is 2.00 bits per heavy atom. The fraction of sp³-hybridized carbons (Fsp3) is 0.625. The van der Waals surface area contributed by atoms with Gasteiger partial charge in [-0.1, -0.05) is 13.8 Å². The smallest absolute Gasteiger partial charge is 0.261 e. The Balaban J connectivity index is 1.79. The lowest BCUT2D eigenvalue weighted by molar-refractivity contribution is -0.133. The van der Waals surface area contributed by atoms with Crippen LogP contribution in [0.3, 0.4) is 0 Å². The molecule has 2 rings (SSSR count). The molecular weight excluding hydrogens is 284 g/mol. The second kappa shape index (κ2) is 7.07. The van der Waals surface area contributed by atoms with Gasteiger partial charge >= 0.3 is 0 Å². The summed E-state index contributed by atoms with van der Waals surface area (Å²) in [6, 6.07) is 4.02. The van der Waals surface area contributed by atoms with Gasteiger partial charge in [-0.05, 0) is 37.8 Å². The van der Waals surface area contributed by atoms with Crippen LogP contribution in [0.4, 0.5) is 0 Å². The zero-order valence-corrected chi connectivity index (χ0v) is 13.8. The third kappa shape index (κ3) is 4.56. The number of piperidine rings is 1. The molecule has 2 amide bonds. The van der Waals surface area contributed by atoms with Gasteiger partial charge in [-0.25, -0.2) is 0 Å². The fourth-order valence-corrected chi connectivity index (χ4v) is 3.34. The molecule has 0 bridgehead atoms. The quantitative estimate of drug-likeness (QED) is 0.930. The molecule has 0 atom stereocenters. The summed E-state index contributed by atoms with van der Waals surface area (Å²) >= 11 is 1.52. The van der Waals surface area contributed by atoms with E-state index in [1.54, 1.807) is 0 Å². The van der Waals surface area contributed by atoms with E-state index in [0.29, 0.717) is 12.3 Å². The van der Waals surface area contributed by atoms with E-state index in [1.165, 1.54) is 11.3 Å². The number of hydrogen-bond acceptors (Lipinski definition) is 3. The summed E-state index contributed by atoms with van der Waals surface area (Å²) in [5.74, 6) is 0.653. The summed E-state index contributed by atoms with van der Waals surface area (Å²) in [5.41, 5.74) is 0. The van der Waals surface area contributed by atoms with E-state index in [2.05, 4.69) is 19.2 Å². The monoisotopic (exact) mass is 308 g/mol. The van der Waals surface area contributed by atoms with Crippen LogP contribution >= 0.6 is 11.3 Å². The van der Waals surface area contributed by atoms with E-state index in [-0.39, 0.29) is 17.9 Å². The molecule has 1 aliphatic rings. The normalized spacial score (nSPS) is 16.3. The maximum Gasteiger partial charge on any atom is 0.261 e. The van der Waals surface area contributed by atoms with Gasteiger partial charge in [-0.15, -0.1) is 11.3 Å². The average Bonchev–Trinajstić information content (AvgIpc) is 2.85. The zero-order valence-electron chi connectivity index (χ0n) is 13.0. The third-order valence-corrected chi connectivity index (χ3v) is 4.73. The summed E-state index contributed by atoms with van der Waals surface area (Å²) in [7, 11) is 0. The SMILES string of the molecule is Cc1ccc(C(=O)NC2CCN(C(=O)CC(C)C)CC2)s1. The number of likely N-dealkylation sites (tertiary alicyclic amines) is 1. The number of amides is 2. The molecule has 0 aromatic carbocycles.